The molecule has 0 unspecified atom stereocenters. The number of anilines is 1. The highest BCUT2D eigenvalue weighted by molar-refractivity contribution is 8.01. The molecular weight excluding hydrogens is 336 g/mol. The smallest absolute Gasteiger partial charge is 0.236 e. The zero-order chi connectivity index (χ0) is 16.3. The first kappa shape index (κ1) is 17.4. The normalized spacial score (nSPS) is 11.9. The maximum Gasteiger partial charge on any atom is 0.236 e. The Hall–Kier alpha value is -0.990. The predicted molar refractivity (Wildman–Crippen MR) is 94.2 cm³/mol. The summed E-state index contributed by atoms with van der Waals surface area (Å²) in [5.74, 6) is 0.570. The number of carbonyl (C=O) groups is 1. The van der Waals surface area contributed by atoms with E-state index >= 15 is 0 Å². The fraction of sp³-hybridized carbons (Fsp3) is 0.571. The lowest BCUT2D eigenvalue weighted by molar-refractivity contribution is -0.113. The number of nitrogens with one attached hydrogen (secondary N) is 1. The van der Waals surface area contributed by atoms with Crippen LogP contribution in [0.25, 0.3) is 0 Å². The molecule has 0 aliphatic rings. The molecule has 0 aliphatic carbocycles. The lowest BCUT2D eigenvalue weighted by Gasteiger charge is -2.14. The maximum absolute atomic E-state index is 12.0. The molecule has 0 bridgehead atoms. The third-order valence-electron chi connectivity index (χ3n) is 2.76. The fourth-order valence-corrected chi connectivity index (χ4v) is 4.08. The quantitative estimate of drug-likeness (QED) is 0.815. The van der Waals surface area contributed by atoms with Gasteiger partial charge < -0.3 is 0 Å². The topological polar surface area (TPSA) is 67.8 Å². The molecule has 1 amide bonds. The van der Waals surface area contributed by atoms with Crippen LogP contribution in [0, 0.1) is 0 Å². The molecule has 2 rings (SSSR count). The van der Waals surface area contributed by atoms with E-state index in [1.807, 2.05) is 0 Å². The average molecular weight is 357 g/mol. The molecule has 8 heteroatoms. The van der Waals surface area contributed by atoms with Gasteiger partial charge >= 0.3 is 0 Å². The van der Waals surface area contributed by atoms with Crippen LogP contribution in [0.5, 0.6) is 0 Å². The molecule has 2 heterocycles. The van der Waals surface area contributed by atoms with E-state index in [4.69, 9.17) is 0 Å². The standard InChI is InChI=1S/C14H20N4OS3/c1-8(2)11-17-18-12(22-11)16-10(19)7-21-13-15-9(6-20-13)14(3,4)5/h6,8H,7H2,1-5H3,(H,16,18,19). The molecule has 5 nitrogen and oxygen atoms in total. The van der Waals surface area contributed by atoms with Gasteiger partial charge in [0.15, 0.2) is 4.34 Å². The summed E-state index contributed by atoms with van der Waals surface area (Å²) in [6.45, 7) is 10.5. The Morgan fingerprint density at radius 1 is 1.36 bits per heavy atom. The van der Waals surface area contributed by atoms with Gasteiger partial charge in [-0.3, -0.25) is 10.1 Å². The molecule has 0 saturated heterocycles. The molecule has 120 valence electrons. The van der Waals surface area contributed by atoms with Crippen molar-refractivity contribution in [2.45, 2.75) is 50.3 Å². The van der Waals surface area contributed by atoms with Crippen LogP contribution in [-0.4, -0.2) is 26.8 Å². The van der Waals surface area contributed by atoms with Crippen LogP contribution in [0.1, 0.15) is 51.2 Å². The molecule has 0 spiro atoms. The number of carbonyl (C=O) groups excluding carboxylic acids is 1. The van der Waals surface area contributed by atoms with E-state index in [1.165, 1.54) is 23.1 Å². The monoisotopic (exact) mass is 356 g/mol. The first-order valence-electron chi connectivity index (χ1n) is 6.98. The first-order chi connectivity index (χ1) is 10.3. The Morgan fingerprint density at radius 3 is 2.64 bits per heavy atom. The van der Waals surface area contributed by atoms with Crippen LogP contribution < -0.4 is 5.32 Å². The van der Waals surface area contributed by atoms with E-state index in [0.29, 0.717) is 16.8 Å². The predicted octanol–water partition coefficient (Wildman–Crippen LogP) is 4.15. The molecule has 0 fully saturated rings. The number of hydrogen-bond acceptors (Lipinski definition) is 7. The van der Waals surface area contributed by atoms with Crippen molar-refractivity contribution < 1.29 is 4.79 Å². The van der Waals surface area contributed by atoms with Crippen LogP contribution in [0.15, 0.2) is 9.72 Å². The van der Waals surface area contributed by atoms with Crippen molar-refractivity contribution in [1.29, 1.82) is 0 Å². The van der Waals surface area contributed by atoms with Gasteiger partial charge in [-0.1, -0.05) is 57.7 Å². The van der Waals surface area contributed by atoms with Gasteiger partial charge in [0, 0.05) is 16.7 Å². The minimum Gasteiger partial charge on any atom is -0.300 e. The number of aromatic nitrogens is 3. The van der Waals surface area contributed by atoms with E-state index in [0.717, 1.165) is 15.0 Å². The molecule has 0 saturated carbocycles. The maximum atomic E-state index is 12.0. The molecule has 0 aromatic carbocycles. The van der Waals surface area contributed by atoms with E-state index in [2.05, 4.69) is 60.5 Å². The lowest BCUT2D eigenvalue weighted by Crippen LogP contribution is -2.14. The number of thiazole rings is 1. The molecule has 2 aromatic heterocycles. The fourth-order valence-electron chi connectivity index (χ4n) is 1.47. The van der Waals surface area contributed by atoms with Crippen LogP contribution in [-0.2, 0) is 10.2 Å². The SMILES string of the molecule is CC(C)c1nnc(NC(=O)CSc2nc(C(C)(C)C)cs2)s1. The summed E-state index contributed by atoms with van der Waals surface area (Å²) in [6, 6.07) is 0. The summed E-state index contributed by atoms with van der Waals surface area (Å²) in [6.07, 6.45) is 0. The summed E-state index contributed by atoms with van der Waals surface area (Å²) in [7, 11) is 0. The number of amides is 1. The van der Waals surface area contributed by atoms with E-state index < -0.39 is 0 Å². The minimum absolute atomic E-state index is 0.0391. The Morgan fingerprint density at radius 2 is 2.09 bits per heavy atom. The molecule has 22 heavy (non-hydrogen) atoms. The number of hydrogen-bond donors (Lipinski definition) is 1. The van der Waals surface area contributed by atoms with Crippen molar-refractivity contribution in [3.8, 4) is 0 Å². The molecular formula is C14H20N4OS3. The third kappa shape index (κ3) is 4.76. The molecule has 0 atom stereocenters. The van der Waals surface area contributed by atoms with Crippen LogP contribution in [0.4, 0.5) is 5.13 Å². The largest absolute Gasteiger partial charge is 0.300 e. The summed E-state index contributed by atoms with van der Waals surface area (Å²) < 4.78 is 0.917. The second-order valence-electron chi connectivity index (χ2n) is 6.19. The van der Waals surface area contributed by atoms with Gasteiger partial charge in [0.1, 0.15) is 5.01 Å². The lowest BCUT2D eigenvalue weighted by atomic mass is 9.93. The first-order valence-corrected chi connectivity index (χ1v) is 9.66. The Kier molecular flexibility index (Phi) is 5.57. The van der Waals surface area contributed by atoms with Crippen molar-refractivity contribution in [1.82, 2.24) is 15.2 Å². The van der Waals surface area contributed by atoms with Crippen LogP contribution >= 0.6 is 34.4 Å². The van der Waals surface area contributed by atoms with Gasteiger partial charge in [-0.05, 0) is 0 Å². The molecule has 0 radical (unpaired) electrons. The number of nitrogens with zero attached hydrogens (tertiary/aromatic N) is 3. The van der Waals surface area contributed by atoms with Gasteiger partial charge in [0.05, 0.1) is 11.4 Å². The minimum atomic E-state index is -0.0797. The highest BCUT2D eigenvalue weighted by atomic mass is 32.2. The highest BCUT2D eigenvalue weighted by Gasteiger charge is 2.18. The second kappa shape index (κ2) is 7.06. The van der Waals surface area contributed by atoms with E-state index in [9.17, 15) is 4.79 Å². The van der Waals surface area contributed by atoms with Crippen molar-refractivity contribution >= 4 is 45.5 Å². The van der Waals surface area contributed by atoms with Gasteiger partial charge in [0.2, 0.25) is 11.0 Å². The van der Waals surface area contributed by atoms with Crippen molar-refractivity contribution in [3.63, 3.8) is 0 Å². The van der Waals surface area contributed by atoms with E-state index in [1.54, 1.807) is 11.3 Å². The summed E-state index contributed by atoms with van der Waals surface area (Å²) >= 11 is 4.45. The molecule has 0 aliphatic heterocycles. The summed E-state index contributed by atoms with van der Waals surface area (Å²) in [5, 5.41) is 14.4. The van der Waals surface area contributed by atoms with Gasteiger partial charge in [-0.2, -0.15) is 0 Å². The summed E-state index contributed by atoms with van der Waals surface area (Å²) in [4.78, 5) is 16.5. The molecule has 2 aromatic rings. The van der Waals surface area contributed by atoms with Crippen molar-refractivity contribution in [3.05, 3.63) is 16.1 Å². The zero-order valence-electron chi connectivity index (χ0n) is 13.3. The zero-order valence-corrected chi connectivity index (χ0v) is 15.8. The van der Waals surface area contributed by atoms with Crippen LogP contribution in [0.3, 0.4) is 0 Å². The van der Waals surface area contributed by atoms with Gasteiger partial charge in [-0.25, -0.2) is 4.98 Å². The second-order valence-corrected chi connectivity index (χ2v) is 9.28. The molecule has 1 N–H and O–H groups in total. The van der Waals surface area contributed by atoms with Crippen molar-refractivity contribution in [2.24, 2.45) is 0 Å². The Bertz CT molecular complexity index is 643. The van der Waals surface area contributed by atoms with Gasteiger partial charge in [-0.15, -0.1) is 21.5 Å². The number of rotatable bonds is 5. The highest BCUT2D eigenvalue weighted by Crippen LogP contribution is 2.29. The third-order valence-corrected chi connectivity index (χ3v) is 5.92. The van der Waals surface area contributed by atoms with E-state index in [-0.39, 0.29) is 11.3 Å². The average Bonchev–Trinajstić information content (AvgIpc) is 3.04. The Balaban J connectivity index is 1.86. The summed E-state index contributed by atoms with van der Waals surface area (Å²) in [5.41, 5.74) is 1.10. The van der Waals surface area contributed by atoms with Crippen LogP contribution in [0.2, 0.25) is 0 Å². The van der Waals surface area contributed by atoms with Crippen molar-refractivity contribution in [2.75, 3.05) is 11.1 Å². The van der Waals surface area contributed by atoms with Gasteiger partial charge in [0.25, 0.3) is 0 Å². The number of thioether (sulfide) groups is 1. The Labute approximate surface area is 143 Å².